The maximum Gasteiger partial charge on any atom is 0.338 e. The van der Waals surface area contributed by atoms with Crippen molar-refractivity contribution in [3.05, 3.63) is 190 Å². The number of rotatable bonds is 19. The van der Waals surface area contributed by atoms with Gasteiger partial charge in [0.1, 0.15) is 49.3 Å². The van der Waals surface area contributed by atoms with Gasteiger partial charge in [-0.1, -0.05) is 145 Å². The van der Waals surface area contributed by atoms with Crippen LogP contribution in [0.1, 0.15) is 39.5 Å². The second kappa shape index (κ2) is 23.0. The molecule has 5 aromatic carbocycles. The van der Waals surface area contributed by atoms with Gasteiger partial charge in [-0.15, -0.1) is 0 Å². The third kappa shape index (κ3) is 12.2. The average Bonchev–Trinajstić information content (AvgIpc) is 3.33. The number of hydrogen-bond acceptors (Lipinski definition) is 12. The Balaban J connectivity index is 1.26. The molecule has 4 unspecified atom stereocenters. The highest BCUT2D eigenvalue weighted by molar-refractivity contribution is 5.89. The van der Waals surface area contributed by atoms with Crippen LogP contribution < -0.4 is 0 Å². The van der Waals surface area contributed by atoms with Gasteiger partial charge in [-0.05, 0) is 46.8 Å². The van der Waals surface area contributed by atoms with Crippen molar-refractivity contribution in [3.8, 4) is 0 Å². The number of esters is 2. The van der Waals surface area contributed by atoms with Crippen molar-refractivity contribution >= 4 is 11.9 Å². The summed E-state index contributed by atoms with van der Waals surface area (Å²) in [5.41, 5.74) is 13.9. The summed E-state index contributed by atoms with van der Waals surface area (Å²) in [6.45, 7) is 2.01. The van der Waals surface area contributed by atoms with Crippen LogP contribution in [0.25, 0.3) is 10.4 Å². The van der Waals surface area contributed by atoms with Gasteiger partial charge in [-0.25, -0.2) is 9.59 Å². The molecule has 10 atom stereocenters. The van der Waals surface area contributed by atoms with E-state index in [-0.39, 0.29) is 33.0 Å². The molecular formula is C49H51N3O11. The molecule has 0 bridgehead atoms. The summed E-state index contributed by atoms with van der Waals surface area (Å²) in [4.78, 5) is 30.3. The first kappa shape index (κ1) is 45.1. The molecule has 0 amide bonds. The summed E-state index contributed by atoms with van der Waals surface area (Å²) in [5.74, 6) is -1.32. The maximum absolute atomic E-state index is 13.7. The largest absolute Gasteiger partial charge is 0.467 e. The standard InChI is InChI=1S/C49H51N3O11/c1-33-41(56-28-34-18-8-3-9-19-34)44(59-31-37-24-14-6-15-25-37)45(46(61-33)48(54)55-2)63-49-40(51-52-50)43(58-30-36-22-12-5-13-23-36)42(57-29-35-20-10-4-11-21-35)39(62-49)32-60-47(53)38-26-16-7-17-27-38/h3-27,33,39-46,49H,28-32H2,1-2H3/t33-,39?,40?,41?,42-,43+,44+,45+,46?,49-/m0/s1. The lowest BCUT2D eigenvalue weighted by Crippen LogP contribution is -2.66. The Morgan fingerprint density at radius 1 is 0.587 bits per heavy atom. The average molecular weight is 858 g/mol. The highest BCUT2D eigenvalue weighted by atomic mass is 16.7. The number of carbonyl (C=O) groups excluding carboxylic acids is 2. The summed E-state index contributed by atoms with van der Waals surface area (Å²) < 4.78 is 57.6. The van der Waals surface area contributed by atoms with Gasteiger partial charge in [0, 0.05) is 4.91 Å². The molecule has 0 aromatic heterocycles. The quantitative estimate of drug-likeness (QED) is 0.0343. The number of nitrogens with zero attached hydrogens (tertiary/aromatic N) is 3. The lowest BCUT2D eigenvalue weighted by atomic mass is 9.93. The first-order chi connectivity index (χ1) is 30.9. The van der Waals surface area contributed by atoms with E-state index in [0.29, 0.717) is 5.56 Å². The Labute approximate surface area is 366 Å². The molecule has 7 rings (SSSR count). The van der Waals surface area contributed by atoms with Gasteiger partial charge in [0.25, 0.3) is 0 Å². The fourth-order valence-corrected chi connectivity index (χ4v) is 7.64. The predicted molar refractivity (Wildman–Crippen MR) is 230 cm³/mol. The van der Waals surface area contributed by atoms with Crippen molar-refractivity contribution in [2.45, 2.75) is 94.5 Å². The third-order valence-electron chi connectivity index (χ3n) is 10.8. The maximum atomic E-state index is 13.7. The van der Waals surface area contributed by atoms with E-state index in [9.17, 15) is 15.1 Å². The summed E-state index contributed by atoms with van der Waals surface area (Å²) in [6, 6.07) is 45.5. The second-order valence-corrected chi connectivity index (χ2v) is 15.1. The van der Waals surface area contributed by atoms with Crippen LogP contribution in [0.4, 0.5) is 0 Å². The van der Waals surface area contributed by atoms with E-state index in [1.54, 1.807) is 37.3 Å². The van der Waals surface area contributed by atoms with E-state index in [2.05, 4.69) is 10.0 Å². The first-order valence-corrected chi connectivity index (χ1v) is 20.8. The van der Waals surface area contributed by atoms with E-state index >= 15 is 0 Å². The van der Waals surface area contributed by atoms with Crippen molar-refractivity contribution in [1.82, 2.24) is 0 Å². The van der Waals surface area contributed by atoms with Gasteiger partial charge < -0.3 is 42.6 Å². The first-order valence-electron chi connectivity index (χ1n) is 20.8. The van der Waals surface area contributed by atoms with Crippen LogP contribution in [0.5, 0.6) is 0 Å². The summed E-state index contributed by atoms with van der Waals surface area (Å²) in [7, 11) is 1.25. The van der Waals surface area contributed by atoms with Crippen LogP contribution in [0.15, 0.2) is 157 Å². The monoisotopic (exact) mass is 857 g/mol. The molecule has 14 heteroatoms. The highest BCUT2D eigenvalue weighted by Crippen LogP contribution is 2.36. The molecule has 2 heterocycles. The number of ether oxygens (including phenoxy) is 9. The van der Waals surface area contributed by atoms with Crippen LogP contribution in [-0.2, 0) is 73.9 Å². The van der Waals surface area contributed by atoms with Crippen molar-refractivity contribution in [3.63, 3.8) is 0 Å². The van der Waals surface area contributed by atoms with E-state index in [0.717, 1.165) is 22.3 Å². The Hall–Kier alpha value is -5.93. The molecule has 0 saturated carbocycles. The molecule has 0 aliphatic carbocycles. The van der Waals surface area contributed by atoms with Crippen molar-refractivity contribution in [2.24, 2.45) is 5.11 Å². The van der Waals surface area contributed by atoms with E-state index in [1.165, 1.54) is 7.11 Å². The highest BCUT2D eigenvalue weighted by Gasteiger charge is 2.55. The molecule has 0 N–H and O–H groups in total. The van der Waals surface area contributed by atoms with Gasteiger partial charge in [0.05, 0.1) is 45.2 Å². The fourth-order valence-electron chi connectivity index (χ4n) is 7.64. The number of benzene rings is 5. The molecule has 2 aliphatic heterocycles. The van der Waals surface area contributed by atoms with Crippen LogP contribution in [0.2, 0.25) is 0 Å². The molecule has 2 fully saturated rings. The van der Waals surface area contributed by atoms with Crippen molar-refractivity contribution < 1.29 is 52.2 Å². The SMILES string of the molecule is COC(=O)C1O[C@@H](C)C(OCc2ccccc2)[C@@H](OCc2ccccc2)[C@H]1O[C@@H]1OC(COC(=O)c2ccccc2)[C@H](OCc2ccccc2)[C@H](OCc2ccccc2)C1N=[N+]=[N-]. The lowest BCUT2D eigenvalue weighted by molar-refractivity contribution is -0.330. The van der Waals surface area contributed by atoms with Crippen molar-refractivity contribution in [1.29, 1.82) is 0 Å². The molecular weight excluding hydrogens is 807 g/mol. The molecule has 328 valence electrons. The summed E-state index contributed by atoms with van der Waals surface area (Å²) >= 11 is 0. The van der Waals surface area contributed by atoms with Gasteiger partial charge in [0.2, 0.25) is 0 Å². The van der Waals surface area contributed by atoms with Gasteiger partial charge in [0.15, 0.2) is 12.4 Å². The normalized spacial score (nSPS) is 25.6. The van der Waals surface area contributed by atoms with Crippen LogP contribution in [0, 0.1) is 0 Å². The zero-order valence-electron chi connectivity index (χ0n) is 35.1. The van der Waals surface area contributed by atoms with Crippen molar-refractivity contribution in [2.75, 3.05) is 13.7 Å². The molecule has 2 saturated heterocycles. The number of hydrogen-bond donors (Lipinski definition) is 0. The van der Waals surface area contributed by atoms with Crippen LogP contribution in [0.3, 0.4) is 0 Å². The molecule has 2 aliphatic rings. The summed E-state index contributed by atoms with van der Waals surface area (Å²) in [5, 5.41) is 4.21. The number of azide groups is 1. The minimum atomic E-state index is -1.44. The fraction of sp³-hybridized carbons (Fsp3) is 0.347. The zero-order chi connectivity index (χ0) is 43.8. The summed E-state index contributed by atoms with van der Waals surface area (Å²) in [6.07, 6.45) is -9.54. The Morgan fingerprint density at radius 2 is 1.03 bits per heavy atom. The van der Waals surface area contributed by atoms with E-state index < -0.39 is 73.1 Å². The molecule has 5 aromatic rings. The number of carbonyl (C=O) groups is 2. The van der Waals surface area contributed by atoms with E-state index in [1.807, 2.05) is 121 Å². The van der Waals surface area contributed by atoms with E-state index in [4.69, 9.17) is 42.6 Å². The van der Waals surface area contributed by atoms with Gasteiger partial charge >= 0.3 is 11.9 Å². The topological polar surface area (TPSA) is 166 Å². The third-order valence-corrected chi connectivity index (χ3v) is 10.8. The molecule has 63 heavy (non-hydrogen) atoms. The van der Waals surface area contributed by atoms with Crippen LogP contribution in [-0.4, -0.2) is 86.8 Å². The smallest absolute Gasteiger partial charge is 0.338 e. The molecule has 14 nitrogen and oxygen atoms in total. The lowest BCUT2D eigenvalue weighted by Gasteiger charge is -2.49. The van der Waals surface area contributed by atoms with Gasteiger partial charge in [-0.2, -0.15) is 0 Å². The van der Waals surface area contributed by atoms with Gasteiger partial charge in [-0.3, -0.25) is 0 Å². The number of methoxy groups -OCH3 is 1. The minimum Gasteiger partial charge on any atom is -0.467 e. The van der Waals surface area contributed by atoms with Crippen LogP contribution >= 0.6 is 0 Å². The minimum absolute atomic E-state index is 0.0877. The Morgan fingerprint density at radius 3 is 1.51 bits per heavy atom. The second-order valence-electron chi connectivity index (χ2n) is 15.1. The zero-order valence-corrected chi connectivity index (χ0v) is 35.1. The molecule has 0 radical (unpaired) electrons. The molecule has 0 spiro atoms. The predicted octanol–water partition coefficient (Wildman–Crippen LogP) is 7.93. The Kier molecular flexibility index (Phi) is 16.4. The Bertz CT molecular complexity index is 2200.